The van der Waals surface area contributed by atoms with E-state index in [-0.39, 0.29) is 6.61 Å². The molecule has 0 aliphatic rings. The Morgan fingerprint density at radius 1 is 1.27 bits per heavy atom. The number of fused-ring (bicyclic) bond motifs is 1. The average Bonchev–Trinajstić information content (AvgIpc) is 3.28. The molecule has 2 aromatic heterocycles. The van der Waals surface area contributed by atoms with Gasteiger partial charge in [0.15, 0.2) is 0 Å². The molecule has 2 amide bonds. The number of anilines is 1. The SMILES string of the molecule is COCC(=O)NNC(=O)c1cc2cccc(N(C)Sc3cccs3)c2[nH]1. The average molecular weight is 390 g/mol. The molecule has 0 bridgehead atoms. The first kappa shape index (κ1) is 18.3. The van der Waals surface area contributed by atoms with Gasteiger partial charge in [-0.25, -0.2) is 0 Å². The molecule has 3 aromatic rings. The third kappa shape index (κ3) is 4.18. The van der Waals surface area contributed by atoms with Gasteiger partial charge in [0, 0.05) is 19.5 Å². The van der Waals surface area contributed by atoms with E-state index in [2.05, 4.69) is 21.9 Å². The van der Waals surface area contributed by atoms with Crippen molar-refractivity contribution in [2.45, 2.75) is 4.21 Å². The number of H-pyrrole nitrogens is 1. The Kier molecular flexibility index (Phi) is 5.82. The molecule has 0 aliphatic carbocycles. The summed E-state index contributed by atoms with van der Waals surface area (Å²) in [6.07, 6.45) is 0. The van der Waals surface area contributed by atoms with Crippen LogP contribution >= 0.6 is 23.3 Å². The fraction of sp³-hybridized carbons (Fsp3) is 0.176. The number of thiophene rings is 1. The molecule has 7 nitrogen and oxygen atoms in total. The van der Waals surface area contributed by atoms with Gasteiger partial charge in [-0.3, -0.25) is 20.4 Å². The first-order chi connectivity index (χ1) is 12.6. The molecule has 3 N–H and O–H groups in total. The quantitative estimate of drug-likeness (QED) is 0.445. The number of methoxy groups -OCH3 is 1. The number of amides is 2. The Hall–Kier alpha value is -2.49. The number of rotatable bonds is 6. The van der Waals surface area contributed by atoms with E-state index in [1.807, 2.05) is 41.0 Å². The van der Waals surface area contributed by atoms with E-state index in [0.29, 0.717) is 5.69 Å². The van der Waals surface area contributed by atoms with Crippen molar-refractivity contribution in [3.05, 3.63) is 47.5 Å². The highest BCUT2D eigenvalue weighted by atomic mass is 32.2. The predicted molar refractivity (Wildman–Crippen MR) is 104 cm³/mol. The van der Waals surface area contributed by atoms with Crippen molar-refractivity contribution in [1.29, 1.82) is 0 Å². The largest absolute Gasteiger partial charge is 0.375 e. The number of carbonyl (C=O) groups excluding carboxylic acids is 2. The molecule has 0 spiro atoms. The summed E-state index contributed by atoms with van der Waals surface area (Å²) < 4.78 is 7.92. The number of benzene rings is 1. The van der Waals surface area contributed by atoms with Crippen LogP contribution in [0.4, 0.5) is 5.69 Å². The van der Waals surface area contributed by atoms with Crippen LogP contribution in [0.2, 0.25) is 0 Å². The minimum atomic E-state index is -0.426. The van der Waals surface area contributed by atoms with E-state index in [1.165, 1.54) is 11.3 Å². The Bertz CT molecular complexity index is 908. The van der Waals surface area contributed by atoms with Crippen LogP contribution in [0.15, 0.2) is 46.0 Å². The monoisotopic (exact) mass is 390 g/mol. The highest BCUT2D eigenvalue weighted by Gasteiger charge is 2.15. The normalized spacial score (nSPS) is 10.7. The van der Waals surface area contributed by atoms with Crippen LogP contribution < -0.4 is 15.2 Å². The van der Waals surface area contributed by atoms with Gasteiger partial charge in [-0.1, -0.05) is 18.2 Å². The van der Waals surface area contributed by atoms with Crippen LogP contribution in [-0.4, -0.2) is 37.6 Å². The number of hydrogen-bond donors (Lipinski definition) is 3. The topological polar surface area (TPSA) is 86.5 Å². The van der Waals surface area contributed by atoms with Gasteiger partial charge in [0.05, 0.1) is 15.4 Å². The van der Waals surface area contributed by atoms with Gasteiger partial charge in [0.2, 0.25) is 0 Å². The number of ether oxygens (including phenoxy) is 1. The summed E-state index contributed by atoms with van der Waals surface area (Å²) in [6.45, 7) is -0.123. The molecule has 0 saturated carbocycles. The number of hydrazine groups is 1. The number of aromatic amines is 1. The molecular formula is C17H18N4O3S2. The second-order valence-corrected chi connectivity index (χ2v) is 7.76. The molecule has 0 saturated heterocycles. The molecule has 2 heterocycles. The fourth-order valence-electron chi connectivity index (χ4n) is 2.39. The Morgan fingerprint density at radius 2 is 2.12 bits per heavy atom. The van der Waals surface area contributed by atoms with E-state index in [9.17, 15) is 9.59 Å². The summed E-state index contributed by atoms with van der Waals surface area (Å²) in [6, 6.07) is 11.7. The van der Waals surface area contributed by atoms with Crippen molar-refractivity contribution >= 4 is 51.7 Å². The van der Waals surface area contributed by atoms with E-state index < -0.39 is 11.8 Å². The standard InChI is InChI=1S/C17H18N4O3S2/c1-21(26-15-7-4-8-25-15)13-6-3-5-11-9-12(18-16(11)13)17(23)20-19-14(22)10-24-2/h3-9,18H,10H2,1-2H3,(H,19,22)(H,20,23). The first-order valence-corrected chi connectivity index (χ1v) is 9.39. The number of carbonyl (C=O) groups is 2. The smallest absolute Gasteiger partial charge is 0.286 e. The second kappa shape index (κ2) is 8.26. The van der Waals surface area contributed by atoms with Crippen LogP contribution in [0.25, 0.3) is 10.9 Å². The van der Waals surface area contributed by atoms with Gasteiger partial charge in [-0.2, -0.15) is 0 Å². The van der Waals surface area contributed by atoms with Gasteiger partial charge < -0.3 is 14.0 Å². The lowest BCUT2D eigenvalue weighted by atomic mass is 10.2. The molecule has 136 valence electrons. The summed E-state index contributed by atoms with van der Waals surface area (Å²) >= 11 is 3.29. The van der Waals surface area contributed by atoms with Crippen molar-refractivity contribution in [3.8, 4) is 0 Å². The lowest BCUT2D eigenvalue weighted by molar-refractivity contribution is -0.125. The molecule has 0 radical (unpaired) electrons. The molecule has 0 aliphatic heterocycles. The fourth-order valence-corrected chi connectivity index (χ4v) is 4.17. The van der Waals surface area contributed by atoms with Gasteiger partial charge >= 0.3 is 0 Å². The summed E-state index contributed by atoms with van der Waals surface area (Å²) in [5.41, 5.74) is 6.84. The zero-order valence-corrected chi connectivity index (χ0v) is 15.9. The molecule has 1 aromatic carbocycles. The maximum absolute atomic E-state index is 12.2. The van der Waals surface area contributed by atoms with Gasteiger partial charge in [-0.15, -0.1) is 11.3 Å². The van der Waals surface area contributed by atoms with Crippen molar-refractivity contribution in [3.63, 3.8) is 0 Å². The predicted octanol–water partition coefficient (Wildman–Crippen LogP) is 2.78. The Morgan fingerprint density at radius 3 is 2.85 bits per heavy atom. The molecule has 3 rings (SSSR count). The van der Waals surface area contributed by atoms with Crippen LogP contribution in [0.3, 0.4) is 0 Å². The number of aromatic nitrogens is 1. The van der Waals surface area contributed by atoms with Gasteiger partial charge in [0.1, 0.15) is 12.3 Å². The van der Waals surface area contributed by atoms with Gasteiger partial charge in [-0.05, 0) is 35.5 Å². The minimum absolute atomic E-state index is 0.123. The number of nitrogens with one attached hydrogen (secondary N) is 3. The van der Waals surface area contributed by atoms with Crippen molar-refractivity contribution in [1.82, 2.24) is 15.8 Å². The van der Waals surface area contributed by atoms with E-state index in [0.717, 1.165) is 16.6 Å². The lowest BCUT2D eigenvalue weighted by Crippen LogP contribution is -2.43. The molecule has 9 heteroatoms. The number of para-hydroxylation sites is 1. The maximum atomic E-state index is 12.2. The molecular weight excluding hydrogens is 372 g/mol. The van der Waals surface area contributed by atoms with Crippen molar-refractivity contribution in [2.75, 3.05) is 25.1 Å². The first-order valence-electron chi connectivity index (χ1n) is 7.73. The van der Waals surface area contributed by atoms with Crippen LogP contribution in [0.5, 0.6) is 0 Å². The van der Waals surface area contributed by atoms with Crippen molar-refractivity contribution in [2.24, 2.45) is 0 Å². The summed E-state index contributed by atoms with van der Waals surface area (Å²) in [5.74, 6) is -0.852. The zero-order valence-electron chi connectivity index (χ0n) is 14.2. The number of hydrogen-bond acceptors (Lipinski definition) is 6. The number of nitrogens with zero attached hydrogens (tertiary/aromatic N) is 1. The third-order valence-corrected chi connectivity index (χ3v) is 5.49. The van der Waals surface area contributed by atoms with E-state index in [1.54, 1.807) is 29.4 Å². The van der Waals surface area contributed by atoms with Crippen LogP contribution in [0.1, 0.15) is 10.5 Å². The van der Waals surface area contributed by atoms with Gasteiger partial charge in [0.25, 0.3) is 11.8 Å². The van der Waals surface area contributed by atoms with Crippen LogP contribution in [0, 0.1) is 0 Å². The molecule has 26 heavy (non-hydrogen) atoms. The maximum Gasteiger partial charge on any atom is 0.286 e. The van der Waals surface area contributed by atoms with Crippen molar-refractivity contribution < 1.29 is 14.3 Å². The summed E-state index contributed by atoms with van der Waals surface area (Å²) in [7, 11) is 3.38. The molecule has 0 unspecified atom stereocenters. The summed E-state index contributed by atoms with van der Waals surface area (Å²) in [4.78, 5) is 26.8. The Labute approximate surface area is 158 Å². The second-order valence-electron chi connectivity index (χ2n) is 5.38. The lowest BCUT2D eigenvalue weighted by Gasteiger charge is -2.17. The Balaban J connectivity index is 1.78. The van der Waals surface area contributed by atoms with E-state index >= 15 is 0 Å². The third-order valence-electron chi connectivity index (χ3n) is 3.53. The van der Waals surface area contributed by atoms with Crippen LogP contribution in [-0.2, 0) is 9.53 Å². The molecule has 0 atom stereocenters. The summed E-state index contributed by atoms with van der Waals surface area (Å²) in [5, 5.41) is 2.95. The highest BCUT2D eigenvalue weighted by Crippen LogP contribution is 2.34. The van der Waals surface area contributed by atoms with E-state index in [4.69, 9.17) is 4.74 Å². The minimum Gasteiger partial charge on any atom is -0.375 e. The molecule has 0 fully saturated rings. The highest BCUT2D eigenvalue weighted by molar-refractivity contribution is 8.02. The zero-order chi connectivity index (χ0) is 18.5.